The van der Waals surface area contributed by atoms with Crippen molar-refractivity contribution in [2.45, 2.75) is 40.2 Å². The minimum atomic E-state index is -0.806. The Labute approximate surface area is 84.4 Å². The largest absolute Gasteiger partial charge is 0.448 e. The summed E-state index contributed by atoms with van der Waals surface area (Å²) in [6.45, 7) is 7.01. The highest BCUT2D eigenvalue weighted by molar-refractivity contribution is 6.07. The van der Waals surface area contributed by atoms with Crippen molar-refractivity contribution < 1.29 is 14.3 Å². The van der Waals surface area contributed by atoms with Crippen molar-refractivity contribution in [3.63, 3.8) is 0 Å². The van der Waals surface area contributed by atoms with E-state index in [0.717, 1.165) is 6.42 Å². The van der Waals surface area contributed by atoms with Crippen molar-refractivity contribution in [2.75, 3.05) is 6.54 Å². The molecule has 0 aliphatic rings. The number of carbonyl (C=O) groups excluding carboxylic acids is 2. The molecule has 0 saturated heterocycles. The van der Waals surface area contributed by atoms with Gasteiger partial charge >= 0.3 is 5.97 Å². The summed E-state index contributed by atoms with van der Waals surface area (Å²) in [6.07, 6.45) is 0.0984. The van der Waals surface area contributed by atoms with E-state index in [1.807, 2.05) is 6.92 Å². The zero-order chi connectivity index (χ0) is 11.1. The molecule has 0 heterocycles. The van der Waals surface area contributed by atoms with Gasteiger partial charge in [-0.25, -0.2) is 0 Å². The van der Waals surface area contributed by atoms with Crippen molar-refractivity contribution >= 4 is 17.5 Å². The monoisotopic (exact) mass is 199 g/mol. The standard InChI is InChI=1S/C10H17NO3/c1-5-6-11-7(2)10(8(3)12)14-9(4)13/h10H,5-6H2,1-4H3. The number of esters is 1. The van der Waals surface area contributed by atoms with Crippen molar-refractivity contribution in [3.05, 3.63) is 0 Å². The van der Waals surface area contributed by atoms with Gasteiger partial charge in [-0.1, -0.05) is 6.92 Å². The molecule has 0 aromatic carbocycles. The highest BCUT2D eigenvalue weighted by Gasteiger charge is 2.20. The second-order valence-electron chi connectivity index (χ2n) is 3.12. The summed E-state index contributed by atoms with van der Waals surface area (Å²) in [5.41, 5.74) is 0.564. The van der Waals surface area contributed by atoms with E-state index in [0.29, 0.717) is 12.3 Å². The van der Waals surface area contributed by atoms with E-state index in [9.17, 15) is 9.59 Å². The van der Waals surface area contributed by atoms with Crippen LogP contribution in [0, 0.1) is 0 Å². The van der Waals surface area contributed by atoms with E-state index in [1.165, 1.54) is 13.8 Å². The lowest BCUT2D eigenvalue weighted by atomic mass is 10.1. The van der Waals surface area contributed by atoms with Gasteiger partial charge in [0.2, 0.25) is 0 Å². The number of rotatable bonds is 5. The number of hydrogen-bond acceptors (Lipinski definition) is 4. The molecule has 4 nitrogen and oxygen atoms in total. The summed E-state index contributed by atoms with van der Waals surface area (Å²) in [7, 11) is 0. The van der Waals surface area contributed by atoms with Crippen molar-refractivity contribution in [3.8, 4) is 0 Å². The predicted octanol–water partition coefficient (Wildman–Crippen LogP) is 1.38. The third-order valence-corrected chi connectivity index (χ3v) is 1.62. The van der Waals surface area contributed by atoms with Gasteiger partial charge in [0.1, 0.15) is 0 Å². The van der Waals surface area contributed by atoms with Gasteiger partial charge < -0.3 is 4.74 Å². The normalized spacial score (nSPS) is 13.6. The van der Waals surface area contributed by atoms with Crippen LogP contribution in [0.15, 0.2) is 4.99 Å². The fourth-order valence-electron chi connectivity index (χ4n) is 0.999. The SMILES string of the molecule is CCCN=C(C)C(OC(C)=O)C(C)=O. The molecule has 0 spiro atoms. The van der Waals surface area contributed by atoms with E-state index in [-0.39, 0.29) is 5.78 Å². The van der Waals surface area contributed by atoms with Crippen molar-refractivity contribution in [1.29, 1.82) is 0 Å². The van der Waals surface area contributed by atoms with Crippen LogP contribution in [0.3, 0.4) is 0 Å². The van der Waals surface area contributed by atoms with Gasteiger partial charge in [-0.3, -0.25) is 14.6 Å². The average molecular weight is 199 g/mol. The molecule has 14 heavy (non-hydrogen) atoms. The first-order valence-electron chi connectivity index (χ1n) is 4.67. The van der Waals surface area contributed by atoms with Crippen LogP contribution in [0.25, 0.3) is 0 Å². The molecule has 0 aromatic heterocycles. The van der Waals surface area contributed by atoms with Crippen LogP contribution in [-0.4, -0.2) is 30.1 Å². The van der Waals surface area contributed by atoms with Crippen LogP contribution in [0.4, 0.5) is 0 Å². The van der Waals surface area contributed by atoms with Crippen molar-refractivity contribution in [1.82, 2.24) is 0 Å². The van der Waals surface area contributed by atoms with Gasteiger partial charge in [0.25, 0.3) is 0 Å². The summed E-state index contributed by atoms with van der Waals surface area (Å²) in [6, 6.07) is 0. The van der Waals surface area contributed by atoms with Crippen LogP contribution in [0.5, 0.6) is 0 Å². The first kappa shape index (κ1) is 12.8. The molecule has 0 rings (SSSR count). The third kappa shape index (κ3) is 4.74. The number of nitrogens with zero attached hydrogens (tertiary/aromatic N) is 1. The molecule has 4 heteroatoms. The molecule has 0 radical (unpaired) electrons. The Balaban J connectivity index is 4.48. The van der Waals surface area contributed by atoms with E-state index in [1.54, 1.807) is 6.92 Å². The molecule has 0 N–H and O–H groups in total. The molecule has 0 saturated carbocycles. The highest BCUT2D eigenvalue weighted by atomic mass is 16.5. The fraction of sp³-hybridized carbons (Fsp3) is 0.700. The Hall–Kier alpha value is -1.19. The number of ketones is 1. The van der Waals surface area contributed by atoms with E-state index < -0.39 is 12.1 Å². The smallest absolute Gasteiger partial charge is 0.303 e. The summed E-state index contributed by atoms with van der Waals surface area (Å²) < 4.78 is 4.85. The molecule has 1 atom stereocenters. The van der Waals surface area contributed by atoms with Gasteiger partial charge in [0.15, 0.2) is 11.9 Å². The summed E-state index contributed by atoms with van der Waals surface area (Å²) in [5.74, 6) is -0.659. The Morgan fingerprint density at radius 3 is 2.21 bits per heavy atom. The van der Waals surface area contributed by atoms with Gasteiger partial charge in [-0.05, 0) is 20.3 Å². The van der Waals surface area contributed by atoms with Crippen molar-refractivity contribution in [2.24, 2.45) is 4.99 Å². The predicted molar refractivity (Wildman–Crippen MR) is 54.5 cm³/mol. The van der Waals surface area contributed by atoms with E-state index in [4.69, 9.17) is 4.74 Å². The summed E-state index contributed by atoms with van der Waals surface area (Å²) in [4.78, 5) is 26.0. The molecular weight excluding hydrogens is 182 g/mol. The average Bonchev–Trinajstić information content (AvgIpc) is 2.09. The summed E-state index contributed by atoms with van der Waals surface area (Å²) >= 11 is 0. The minimum absolute atomic E-state index is 0.197. The van der Waals surface area contributed by atoms with Crippen LogP contribution in [0.2, 0.25) is 0 Å². The molecule has 0 bridgehead atoms. The first-order chi connectivity index (χ1) is 6.49. The lowest BCUT2D eigenvalue weighted by Gasteiger charge is -2.13. The second kappa shape index (κ2) is 6.29. The maximum Gasteiger partial charge on any atom is 0.303 e. The molecule has 80 valence electrons. The number of ether oxygens (including phenoxy) is 1. The Kier molecular flexibility index (Phi) is 5.76. The third-order valence-electron chi connectivity index (χ3n) is 1.62. The number of carbonyl (C=O) groups is 2. The lowest BCUT2D eigenvalue weighted by molar-refractivity contribution is -0.148. The molecule has 0 amide bonds. The topological polar surface area (TPSA) is 55.7 Å². The van der Waals surface area contributed by atoms with Gasteiger partial charge in [-0.15, -0.1) is 0 Å². The number of aliphatic imine (C=N–C) groups is 1. The lowest BCUT2D eigenvalue weighted by Crippen LogP contribution is -2.31. The van der Waals surface area contributed by atoms with Crippen LogP contribution in [-0.2, 0) is 14.3 Å². The Morgan fingerprint density at radius 2 is 1.86 bits per heavy atom. The van der Waals surface area contributed by atoms with Gasteiger partial charge in [-0.2, -0.15) is 0 Å². The number of hydrogen-bond donors (Lipinski definition) is 0. The zero-order valence-electron chi connectivity index (χ0n) is 9.16. The maximum absolute atomic E-state index is 11.1. The maximum atomic E-state index is 11.1. The minimum Gasteiger partial charge on any atom is -0.448 e. The molecule has 1 unspecified atom stereocenters. The van der Waals surface area contributed by atoms with E-state index in [2.05, 4.69) is 4.99 Å². The Bertz CT molecular complexity index is 246. The zero-order valence-corrected chi connectivity index (χ0v) is 9.16. The number of Topliss-reactive ketones (excluding diaryl/α,β-unsaturated/α-hetero) is 1. The fourth-order valence-corrected chi connectivity index (χ4v) is 0.999. The second-order valence-corrected chi connectivity index (χ2v) is 3.12. The van der Waals surface area contributed by atoms with Crippen LogP contribution in [0.1, 0.15) is 34.1 Å². The molecular formula is C10H17NO3. The first-order valence-corrected chi connectivity index (χ1v) is 4.67. The van der Waals surface area contributed by atoms with Gasteiger partial charge in [0.05, 0.1) is 5.71 Å². The molecule has 0 aliphatic carbocycles. The summed E-state index contributed by atoms with van der Waals surface area (Å²) in [5, 5.41) is 0. The molecule has 0 fully saturated rings. The quantitative estimate of drug-likeness (QED) is 0.496. The van der Waals surface area contributed by atoms with Crippen LogP contribution < -0.4 is 0 Å². The molecule has 0 aliphatic heterocycles. The molecule has 0 aromatic rings. The van der Waals surface area contributed by atoms with Crippen LogP contribution >= 0.6 is 0 Å². The van der Waals surface area contributed by atoms with Gasteiger partial charge in [0, 0.05) is 13.5 Å². The van der Waals surface area contributed by atoms with E-state index >= 15 is 0 Å². The highest BCUT2D eigenvalue weighted by Crippen LogP contribution is 1.99. The Morgan fingerprint density at radius 1 is 1.29 bits per heavy atom.